The lowest BCUT2D eigenvalue weighted by molar-refractivity contribution is 0.0783. The van der Waals surface area contributed by atoms with Gasteiger partial charge in [0.05, 0.1) is 6.54 Å². The highest BCUT2D eigenvalue weighted by Crippen LogP contribution is 2.27. The van der Waals surface area contributed by atoms with Gasteiger partial charge in [-0.25, -0.2) is 9.97 Å². The average Bonchev–Trinajstić information content (AvgIpc) is 2.44. The Morgan fingerprint density at radius 1 is 1.43 bits per heavy atom. The summed E-state index contributed by atoms with van der Waals surface area (Å²) >= 11 is 11.5. The van der Waals surface area contributed by atoms with Crippen LogP contribution in [-0.4, -0.2) is 27.3 Å². The van der Waals surface area contributed by atoms with Gasteiger partial charge in [-0.15, -0.1) is 0 Å². The third kappa shape index (κ3) is 1.35. The summed E-state index contributed by atoms with van der Waals surface area (Å²) in [6.07, 6.45) is 0. The van der Waals surface area contributed by atoms with E-state index >= 15 is 0 Å². The standard InChI is InChI=1S/C8H7Cl2N3O/c1-2-13-3-4-5(7(13)14)11-8(10)12-6(4)9/h2-3H2,1H3. The molecule has 4 nitrogen and oxygen atoms in total. The van der Waals surface area contributed by atoms with Crippen LogP contribution in [0.15, 0.2) is 0 Å². The number of aromatic nitrogens is 2. The number of fused-ring (bicyclic) bond motifs is 1. The number of carbonyl (C=O) groups excluding carboxylic acids is 1. The molecule has 74 valence electrons. The van der Waals surface area contributed by atoms with Gasteiger partial charge in [0.15, 0.2) is 0 Å². The largest absolute Gasteiger partial charge is 0.333 e. The van der Waals surface area contributed by atoms with Crippen molar-refractivity contribution >= 4 is 29.1 Å². The van der Waals surface area contributed by atoms with E-state index < -0.39 is 0 Å². The van der Waals surface area contributed by atoms with E-state index in [9.17, 15) is 4.79 Å². The maximum Gasteiger partial charge on any atom is 0.273 e. The molecule has 0 unspecified atom stereocenters. The van der Waals surface area contributed by atoms with E-state index in [1.54, 1.807) is 4.90 Å². The van der Waals surface area contributed by atoms with Crippen molar-refractivity contribution in [3.63, 3.8) is 0 Å². The molecule has 0 aliphatic carbocycles. The van der Waals surface area contributed by atoms with Gasteiger partial charge in [0.1, 0.15) is 10.8 Å². The highest BCUT2D eigenvalue weighted by atomic mass is 35.5. The third-order valence-corrected chi connectivity index (χ3v) is 2.63. The maximum absolute atomic E-state index is 11.7. The Bertz CT molecular complexity index is 408. The molecule has 1 aromatic heterocycles. The van der Waals surface area contributed by atoms with Gasteiger partial charge in [-0.1, -0.05) is 11.6 Å². The molecule has 0 atom stereocenters. The summed E-state index contributed by atoms with van der Waals surface area (Å²) in [6.45, 7) is 3.00. The molecule has 1 aliphatic rings. The quantitative estimate of drug-likeness (QED) is 0.547. The fourth-order valence-corrected chi connectivity index (χ4v) is 1.86. The van der Waals surface area contributed by atoms with Crippen LogP contribution < -0.4 is 0 Å². The van der Waals surface area contributed by atoms with Crippen LogP contribution in [-0.2, 0) is 6.54 Å². The monoisotopic (exact) mass is 231 g/mol. The van der Waals surface area contributed by atoms with Crippen molar-refractivity contribution in [3.8, 4) is 0 Å². The van der Waals surface area contributed by atoms with Crippen LogP contribution in [0.2, 0.25) is 10.4 Å². The van der Waals surface area contributed by atoms with E-state index in [-0.39, 0.29) is 16.3 Å². The van der Waals surface area contributed by atoms with Gasteiger partial charge in [-0.2, -0.15) is 0 Å². The fraction of sp³-hybridized carbons (Fsp3) is 0.375. The molecule has 2 rings (SSSR count). The van der Waals surface area contributed by atoms with Crippen LogP contribution in [0.3, 0.4) is 0 Å². The Morgan fingerprint density at radius 3 is 2.79 bits per heavy atom. The Balaban J connectivity index is 2.53. The molecule has 0 radical (unpaired) electrons. The van der Waals surface area contributed by atoms with Gasteiger partial charge in [0, 0.05) is 12.1 Å². The van der Waals surface area contributed by atoms with Gasteiger partial charge in [-0.3, -0.25) is 4.79 Å². The first kappa shape index (κ1) is 9.68. The second-order valence-electron chi connectivity index (χ2n) is 2.93. The smallest absolute Gasteiger partial charge is 0.273 e. The minimum absolute atomic E-state index is 0.0139. The number of amides is 1. The Kier molecular flexibility index (Phi) is 2.33. The first-order valence-electron chi connectivity index (χ1n) is 4.14. The summed E-state index contributed by atoms with van der Waals surface area (Å²) < 4.78 is 0. The zero-order valence-electron chi connectivity index (χ0n) is 7.42. The van der Waals surface area contributed by atoms with Gasteiger partial charge >= 0.3 is 0 Å². The highest BCUT2D eigenvalue weighted by Gasteiger charge is 2.30. The Morgan fingerprint density at radius 2 is 2.14 bits per heavy atom. The lowest BCUT2D eigenvalue weighted by atomic mass is 10.3. The SMILES string of the molecule is CCN1Cc2c(Cl)nc(Cl)nc2C1=O. The molecule has 2 heterocycles. The minimum Gasteiger partial charge on any atom is -0.333 e. The number of nitrogens with zero attached hydrogens (tertiary/aromatic N) is 3. The molecule has 14 heavy (non-hydrogen) atoms. The molecule has 0 spiro atoms. The molecule has 0 saturated heterocycles. The number of hydrogen-bond acceptors (Lipinski definition) is 3. The molecule has 0 bridgehead atoms. The lowest BCUT2D eigenvalue weighted by Gasteiger charge is -2.10. The third-order valence-electron chi connectivity index (χ3n) is 2.15. The van der Waals surface area contributed by atoms with E-state index in [2.05, 4.69) is 9.97 Å². The van der Waals surface area contributed by atoms with Crippen LogP contribution >= 0.6 is 23.2 Å². The number of carbonyl (C=O) groups is 1. The van der Waals surface area contributed by atoms with E-state index in [0.29, 0.717) is 24.3 Å². The van der Waals surface area contributed by atoms with Crippen LogP contribution in [0.25, 0.3) is 0 Å². The second-order valence-corrected chi connectivity index (χ2v) is 3.63. The predicted molar refractivity (Wildman–Crippen MR) is 52.5 cm³/mol. The van der Waals surface area contributed by atoms with Crippen molar-refractivity contribution in [3.05, 3.63) is 21.7 Å². The summed E-state index contributed by atoms with van der Waals surface area (Å²) in [5.41, 5.74) is 1.000. The summed E-state index contributed by atoms with van der Waals surface area (Å²) in [7, 11) is 0. The van der Waals surface area contributed by atoms with E-state index in [1.807, 2.05) is 6.92 Å². The summed E-state index contributed by atoms with van der Waals surface area (Å²) in [5, 5.41) is 0.282. The van der Waals surface area contributed by atoms with Crippen molar-refractivity contribution in [1.29, 1.82) is 0 Å². The van der Waals surface area contributed by atoms with Crippen LogP contribution in [0.5, 0.6) is 0 Å². The molecule has 0 fully saturated rings. The van der Waals surface area contributed by atoms with Crippen molar-refractivity contribution < 1.29 is 4.79 Å². The molecule has 0 aromatic carbocycles. The Labute approximate surface area is 90.9 Å². The van der Waals surface area contributed by atoms with Crippen molar-refractivity contribution in [2.24, 2.45) is 0 Å². The van der Waals surface area contributed by atoms with Crippen molar-refractivity contribution in [2.75, 3.05) is 6.54 Å². The van der Waals surface area contributed by atoms with E-state index in [4.69, 9.17) is 23.2 Å². The number of rotatable bonds is 1. The van der Waals surface area contributed by atoms with E-state index in [1.165, 1.54) is 0 Å². The molecule has 0 N–H and O–H groups in total. The average molecular weight is 232 g/mol. The van der Waals surface area contributed by atoms with Crippen LogP contribution in [0.1, 0.15) is 23.0 Å². The number of halogens is 2. The minimum atomic E-state index is -0.131. The molecule has 1 aromatic rings. The summed E-state index contributed by atoms with van der Waals surface area (Å²) in [6, 6.07) is 0. The lowest BCUT2D eigenvalue weighted by Crippen LogP contribution is -2.23. The second kappa shape index (κ2) is 3.37. The highest BCUT2D eigenvalue weighted by molar-refractivity contribution is 6.33. The molecule has 1 aliphatic heterocycles. The Hall–Kier alpha value is -0.870. The van der Waals surface area contributed by atoms with Gasteiger partial charge in [0.2, 0.25) is 5.28 Å². The summed E-state index contributed by atoms with van der Waals surface area (Å²) in [5.74, 6) is -0.131. The molecular weight excluding hydrogens is 225 g/mol. The van der Waals surface area contributed by atoms with Crippen LogP contribution in [0, 0.1) is 0 Å². The first-order valence-corrected chi connectivity index (χ1v) is 4.90. The van der Waals surface area contributed by atoms with Gasteiger partial charge in [-0.05, 0) is 18.5 Å². The van der Waals surface area contributed by atoms with Crippen molar-refractivity contribution in [2.45, 2.75) is 13.5 Å². The molecular formula is C8H7Cl2N3O. The zero-order valence-corrected chi connectivity index (χ0v) is 8.93. The topological polar surface area (TPSA) is 46.1 Å². The molecule has 0 saturated carbocycles. The molecule has 6 heteroatoms. The summed E-state index contributed by atoms with van der Waals surface area (Å²) in [4.78, 5) is 21.0. The van der Waals surface area contributed by atoms with Crippen LogP contribution in [0.4, 0.5) is 0 Å². The number of hydrogen-bond donors (Lipinski definition) is 0. The van der Waals surface area contributed by atoms with Gasteiger partial charge in [0.25, 0.3) is 5.91 Å². The first-order chi connectivity index (χ1) is 6.63. The zero-order chi connectivity index (χ0) is 10.3. The maximum atomic E-state index is 11.7. The molecule has 1 amide bonds. The fourth-order valence-electron chi connectivity index (χ4n) is 1.42. The predicted octanol–water partition coefficient (Wildman–Crippen LogP) is 1.76. The van der Waals surface area contributed by atoms with Gasteiger partial charge < -0.3 is 4.90 Å². The van der Waals surface area contributed by atoms with E-state index in [0.717, 1.165) is 0 Å². The normalized spacial score (nSPS) is 14.8. The van der Waals surface area contributed by atoms with Crippen molar-refractivity contribution in [1.82, 2.24) is 14.9 Å².